The van der Waals surface area contributed by atoms with Gasteiger partial charge in [-0.05, 0) is 36.0 Å². The van der Waals surface area contributed by atoms with Crippen LogP contribution in [0.25, 0.3) is 0 Å². The van der Waals surface area contributed by atoms with Gasteiger partial charge in [0.05, 0.1) is 0 Å². The Hall–Kier alpha value is -0.530. The topological polar surface area (TPSA) is 26.0 Å². The molecule has 2 N–H and O–H groups in total. The van der Waals surface area contributed by atoms with E-state index in [9.17, 15) is 0 Å². The highest BCUT2D eigenvalue weighted by atomic mass is 35.5. The Morgan fingerprint density at radius 2 is 2.00 bits per heavy atom. The lowest BCUT2D eigenvalue weighted by molar-refractivity contribution is 0.911. The molecule has 1 aromatic carbocycles. The van der Waals surface area contributed by atoms with Crippen molar-refractivity contribution >= 4 is 11.6 Å². The second-order valence-corrected chi connectivity index (χ2v) is 3.75. The summed E-state index contributed by atoms with van der Waals surface area (Å²) in [5.74, 6) is 0. The summed E-state index contributed by atoms with van der Waals surface area (Å²) in [5, 5.41) is 0. The van der Waals surface area contributed by atoms with E-state index in [-0.39, 0.29) is 5.50 Å². The molecule has 0 bridgehead atoms. The molecule has 0 fully saturated rings. The monoisotopic (exact) mass is 181 g/mol. The van der Waals surface area contributed by atoms with Gasteiger partial charge in [-0.15, -0.1) is 11.6 Å². The van der Waals surface area contributed by atoms with Crippen molar-refractivity contribution in [2.24, 2.45) is 5.73 Å². The predicted octanol–water partition coefficient (Wildman–Crippen LogP) is 2.37. The maximum atomic E-state index is 5.78. The highest BCUT2D eigenvalue weighted by Gasteiger charge is 2.11. The molecule has 1 aromatic rings. The van der Waals surface area contributed by atoms with Gasteiger partial charge in [0.1, 0.15) is 5.50 Å². The smallest absolute Gasteiger partial charge is 0.106 e. The number of aryl methyl sites for hydroxylation is 2. The summed E-state index contributed by atoms with van der Waals surface area (Å²) in [6.45, 7) is 0. The summed E-state index contributed by atoms with van der Waals surface area (Å²) in [4.78, 5) is 0. The molecule has 1 unspecified atom stereocenters. The van der Waals surface area contributed by atoms with E-state index < -0.39 is 0 Å². The highest BCUT2D eigenvalue weighted by molar-refractivity contribution is 6.20. The molecular formula is C10H12ClN. The first kappa shape index (κ1) is 8.09. The van der Waals surface area contributed by atoms with Crippen molar-refractivity contribution in [3.05, 3.63) is 34.9 Å². The number of hydrogen-bond acceptors (Lipinski definition) is 1. The average molecular weight is 182 g/mol. The maximum absolute atomic E-state index is 5.78. The first-order valence-corrected chi connectivity index (χ1v) is 4.72. The first-order chi connectivity index (χ1) is 5.77. The second-order valence-electron chi connectivity index (χ2n) is 3.28. The molecule has 0 radical (unpaired) electrons. The van der Waals surface area contributed by atoms with Gasteiger partial charge in [0, 0.05) is 0 Å². The average Bonchev–Trinajstić information content (AvgIpc) is 2.49. The standard InChI is InChI=1S/C10H12ClN/c11-10(12)9-5-4-7-2-1-3-8(7)6-9/h4-6,10H,1-3,12H2. The third-order valence-electron chi connectivity index (χ3n) is 2.44. The molecule has 0 amide bonds. The van der Waals surface area contributed by atoms with Crippen LogP contribution < -0.4 is 5.73 Å². The minimum absolute atomic E-state index is 0.351. The fourth-order valence-electron chi connectivity index (χ4n) is 1.76. The van der Waals surface area contributed by atoms with Crippen LogP contribution in [0, 0.1) is 0 Å². The fourth-order valence-corrected chi connectivity index (χ4v) is 1.90. The van der Waals surface area contributed by atoms with Crippen LogP contribution in [0.4, 0.5) is 0 Å². The van der Waals surface area contributed by atoms with Crippen molar-refractivity contribution in [3.63, 3.8) is 0 Å². The number of benzene rings is 1. The lowest BCUT2D eigenvalue weighted by Gasteiger charge is -2.05. The zero-order valence-electron chi connectivity index (χ0n) is 6.89. The van der Waals surface area contributed by atoms with E-state index in [0.29, 0.717) is 0 Å². The molecule has 0 heterocycles. The predicted molar refractivity (Wildman–Crippen MR) is 51.2 cm³/mol. The summed E-state index contributed by atoms with van der Waals surface area (Å²) >= 11 is 5.78. The molecule has 1 aliphatic rings. The molecule has 2 heteroatoms. The molecule has 0 spiro atoms. The Bertz CT molecular complexity index is 294. The van der Waals surface area contributed by atoms with Crippen LogP contribution in [0.1, 0.15) is 28.6 Å². The van der Waals surface area contributed by atoms with Crippen LogP contribution in [0.15, 0.2) is 18.2 Å². The van der Waals surface area contributed by atoms with Crippen molar-refractivity contribution in [3.8, 4) is 0 Å². The van der Waals surface area contributed by atoms with E-state index in [0.717, 1.165) is 5.56 Å². The molecule has 1 nitrogen and oxygen atoms in total. The van der Waals surface area contributed by atoms with Crippen molar-refractivity contribution in [1.29, 1.82) is 0 Å². The first-order valence-electron chi connectivity index (χ1n) is 4.29. The van der Waals surface area contributed by atoms with Crippen LogP contribution >= 0.6 is 11.6 Å². The van der Waals surface area contributed by atoms with Crippen LogP contribution in [-0.2, 0) is 12.8 Å². The van der Waals surface area contributed by atoms with Gasteiger partial charge in [-0.1, -0.05) is 18.2 Å². The van der Waals surface area contributed by atoms with E-state index in [1.165, 1.54) is 30.4 Å². The van der Waals surface area contributed by atoms with Gasteiger partial charge in [-0.3, -0.25) is 0 Å². The number of hydrogen-bond donors (Lipinski definition) is 1. The van der Waals surface area contributed by atoms with Gasteiger partial charge in [-0.25, -0.2) is 0 Å². The summed E-state index contributed by atoms with van der Waals surface area (Å²) in [6.07, 6.45) is 3.68. The molecule has 1 atom stereocenters. The minimum Gasteiger partial charge on any atom is -0.312 e. The third-order valence-corrected chi connectivity index (χ3v) is 2.69. The molecule has 0 saturated carbocycles. The van der Waals surface area contributed by atoms with E-state index in [4.69, 9.17) is 17.3 Å². The minimum atomic E-state index is -0.351. The van der Waals surface area contributed by atoms with E-state index >= 15 is 0 Å². The molecule has 0 aromatic heterocycles. The SMILES string of the molecule is NC(Cl)c1ccc2c(c1)CCC2. The van der Waals surface area contributed by atoms with Gasteiger partial charge in [0.25, 0.3) is 0 Å². The molecule has 12 heavy (non-hydrogen) atoms. The Kier molecular flexibility index (Phi) is 2.07. The fraction of sp³-hybridized carbons (Fsp3) is 0.400. The second kappa shape index (κ2) is 3.08. The Morgan fingerprint density at radius 1 is 1.25 bits per heavy atom. The van der Waals surface area contributed by atoms with Crippen molar-refractivity contribution < 1.29 is 0 Å². The van der Waals surface area contributed by atoms with E-state index in [1.807, 2.05) is 6.07 Å². The van der Waals surface area contributed by atoms with Crippen LogP contribution in [0.2, 0.25) is 0 Å². The Morgan fingerprint density at radius 3 is 2.75 bits per heavy atom. The zero-order valence-corrected chi connectivity index (χ0v) is 7.64. The van der Waals surface area contributed by atoms with Crippen molar-refractivity contribution in [2.45, 2.75) is 24.8 Å². The molecule has 0 aliphatic heterocycles. The number of rotatable bonds is 1. The van der Waals surface area contributed by atoms with Gasteiger partial charge in [0.2, 0.25) is 0 Å². The summed E-state index contributed by atoms with van der Waals surface area (Å²) in [5.41, 5.74) is 9.16. The number of fused-ring (bicyclic) bond motifs is 1. The Labute approximate surface area is 77.5 Å². The van der Waals surface area contributed by atoms with Gasteiger partial charge in [0.15, 0.2) is 0 Å². The van der Waals surface area contributed by atoms with Gasteiger partial charge < -0.3 is 5.73 Å². The highest BCUT2D eigenvalue weighted by Crippen LogP contribution is 2.25. The number of halogens is 1. The zero-order chi connectivity index (χ0) is 8.55. The van der Waals surface area contributed by atoms with Gasteiger partial charge >= 0.3 is 0 Å². The lowest BCUT2D eigenvalue weighted by Crippen LogP contribution is -2.02. The quantitative estimate of drug-likeness (QED) is 0.523. The molecule has 64 valence electrons. The van der Waals surface area contributed by atoms with Crippen LogP contribution in [0.3, 0.4) is 0 Å². The maximum Gasteiger partial charge on any atom is 0.106 e. The summed E-state index contributed by atoms with van der Waals surface area (Å²) in [6, 6.07) is 6.32. The number of nitrogens with two attached hydrogens (primary N) is 1. The Balaban J connectivity index is 2.39. The van der Waals surface area contributed by atoms with Crippen LogP contribution in [0.5, 0.6) is 0 Å². The third kappa shape index (κ3) is 1.35. The van der Waals surface area contributed by atoms with Crippen molar-refractivity contribution in [2.75, 3.05) is 0 Å². The van der Waals surface area contributed by atoms with Crippen molar-refractivity contribution in [1.82, 2.24) is 0 Å². The summed E-state index contributed by atoms with van der Waals surface area (Å²) < 4.78 is 0. The molecule has 2 rings (SSSR count). The molecule has 1 aliphatic carbocycles. The number of alkyl halides is 1. The normalized spacial score (nSPS) is 17.5. The van der Waals surface area contributed by atoms with E-state index in [2.05, 4.69) is 12.1 Å². The largest absolute Gasteiger partial charge is 0.312 e. The lowest BCUT2D eigenvalue weighted by atomic mass is 10.1. The molecular weight excluding hydrogens is 170 g/mol. The molecule has 0 saturated heterocycles. The van der Waals surface area contributed by atoms with E-state index in [1.54, 1.807) is 0 Å². The van der Waals surface area contributed by atoms with Crippen LogP contribution in [-0.4, -0.2) is 0 Å². The summed E-state index contributed by atoms with van der Waals surface area (Å²) in [7, 11) is 0. The van der Waals surface area contributed by atoms with Gasteiger partial charge in [-0.2, -0.15) is 0 Å².